The van der Waals surface area contributed by atoms with Crippen LogP contribution in [0.15, 0.2) is 30.0 Å². The number of amides is 2. The summed E-state index contributed by atoms with van der Waals surface area (Å²) in [4.78, 5) is 11.7. The first-order valence-electron chi connectivity index (χ1n) is 6.66. The molecule has 0 saturated heterocycles. The van der Waals surface area contributed by atoms with Gasteiger partial charge in [-0.1, -0.05) is 25.5 Å². The molecule has 0 unspecified atom stereocenters. The summed E-state index contributed by atoms with van der Waals surface area (Å²) in [6.45, 7) is 6.85. The second-order valence-electron chi connectivity index (χ2n) is 5.06. The van der Waals surface area contributed by atoms with Crippen molar-refractivity contribution in [1.82, 2.24) is 10.6 Å². The van der Waals surface area contributed by atoms with E-state index in [2.05, 4.69) is 24.5 Å². The van der Waals surface area contributed by atoms with E-state index in [-0.39, 0.29) is 12.8 Å². The quantitative estimate of drug-likeness (QED) is 0.889. The smallest absolute Gasteiger partial charge is 0.319 e. The van der Waals surface area contributed by atoms with E-state index in [1.165, 1.54) is 0 Å². The van der Waals surface area contributed by atoms with Crippen LogP contribution in [0.5, 0.6) is 11.5 Å². The average molecular weight is 276 g/mol. The predicted molar refractivity (Wildman–Crippen MR) is 76.5 cm³/mol. The van der Waals surface area contributed by atoms with Crippen molar-refractivity contribution in [3.05, 3.63) is 35.5 Å². The highest BCUT2D eigenvalue weighted by Gasteiger charge is 2.13. The first-order chi connectivity index (χ1) is 9.56. The number of ether oxygens (including phenoxy) is 2. The standard InChI is InChI=1S/C15H20N2O3/c1-10(2)11(3)7-16-15(18)17-8-12-4-5-13-14(6-12)20-9-19-13/h4-7,10H,8-9H2,1-3H3,(H2,16,17,18)/b11-7+. The number of carbonyl (C=O) groups is 1. The van der Waals surface area contributed by atoms with E-state index in [9.17, 15) is 4.79 Å². The molecular weight excluding hydrogens is 256 g/mol. The van der Waals surface area contributed by atoms with Gasteiger partial charge in [0.15, 0.2) is 11.5 Å². The summed E-state index contributed by atoms with van der Waals surface area (Å²) in [6.07, 6.45) is 1.74. The van der Waals surface area contributed by atoms with E-state index in [0.717, 1.165) is 22.6 Å². The lowest BCUT2D eigenvalue weighted by atomic mass is 10.1. The number of nitrogens with one attached hydrogen (secondary N) is 2. The number of hydrogen-bond donors (Lipinski definition) is 2. The number of urea groups is 1. The zero-order valence-corrected chi connectivity index (χ0v) is 12.0. The van der Waals surface area contributed by atoms with E-state index in [0.29, 0.717) is 12.5 Å². The van der Waals surface area contributed by atoms with Crippen LogP contribution in [0.3, 0.4) is 0 Å². The van der Waals surface area contributed by atoms with Crippen molar-refractivity contribution < 1.29 is 14.3 Å². The van der Waals surface area contributed by atoms with Gasteiger partial charge >= 0.3 is 6.03 Å². The lowest BCUT2D eigenvalue weighted by Crippen LogP contribution is -2.32. The van der Waals surface area contributed by atoms with Crippen molar-refractivity contribution in [2.45, 2.75) is 27.3 Å². The van der Waals surface area contributed by atoms with Crippen LogP contribution in [0.4, 0.5) is 4.79 Å². The molecule has 20 heavy (non-hydrogen) atoms. The molecule has 0 aromatic heterocycles. The SMILES string of the molecule is C/C(=C\NC(=O)NCc1ccc2c(c1)OCO2)C(C)C. The largest absolute Gasteiger partial charge is 0.454 e. The predicted octanol–water partition coefficient (Wildman–Crippen LogP) is 2.77. The summed E-state index contributed by atoms with van der Waals surface area (Å²) >= 11 is 0. The molecule has 0 bridgehead atoms. The van der Waals surface area contributed by atoms with Crippen LogP contribution in [0.2, 0.25) is 0 Å². The van der Waals surface area contributed by atoms with Gasteiger partial charge < -0.3 is 20.1 Å². The minimum Gasteiger partial charge on any atom is -0.454 e. The number of allylic oxidation sites excluding steroid dienone is 1. The molecule has 1 aliphatic rings. The Labute approximate surface area is 119 Å². The molecule has 1 aromatic rings. The highest BCUT2D eigenvalue weighted by Crippen LogP contribution is 2.32. The molecule has 0 radical (unpaired) electrons. The van der Waals surface area contributed by atoms with Gasteiger partial charge in [-0.05, 0) is 30.5 Å². The van der Waals surface area contributed by atoms with Gasteiger partial charge in [0.05, 0.1) is 0 Å². The molecule has 5 heteroatoms. The van der Waals surface area contributed by atoms with Crippen molar-refractivity contribution >= 4 is 6.03 Å². The molecule has 2 amide bonds. The summed E-state index contributed by atoms with van der Waals surface area (Å²) in [7, 11) is 0. The Hall–Kier alpha value is -2.17. The second kappa shape index (κ2) is 6.32. The molecule has 1 heterocycles. The maximum absolute atomic E-state index is 11.7. The summed E-state index contributed by atoms with van der Waals surface area (Å²) in [6, 6.07) is 5.41. The topological polar surface area (TPSA) is 59.6 Å². The van der Waals surface area contributed by atoms with E-state index in [1.54, 1.807) is 6.20 Å². The van der Waals surface area contributed by atoms with Crippen LogP contribution in [0.25, 0.3) is 0 Å². The summed E-state index contributed by atoms with van der Waals surface area (Å²) in [5, 5.41) is 5.51. The van der Waals surface area contributed by atoms with Gasteiger partial charge in [0.1, 0.15) is 0 Å². The lowest BCUT2D eigenvalue weighted by molar-refractivity contribution is 0.174. The third-order valence-corrected chi connectivity index (χ3v) is 3.23. The van der Waals surface area contributed by atoms with Gasteiger partial charge in [-0.3, -0.25) is 0 Å². The van der Waals surface area contributed by atoms with Gasteiger partial charge in [0, 0.05) is 12.7 Å². The van der Waals surface area contributed by atoms with Crippen LogP contribution >= 0.6 is 0 Å². The molecule has 0 saturated carbocycles. The monoisotopic (exact) mass is 276 g/mol. The molecule has 2 rings (SSSR count). The minimum absolute atomic E-state index is 0.220. The molecule has 0 spiro atoms. The Morgan fingerprint density at radius 3 is 2.85 bits per heavy atom. The average Bonchev–Trinajstić information content (AvgIpc) is 2.89. The molecule has 1 aliphatic heterocycles. The third-order valence-electron chi connectivity index (χ3n) is 3.23. The Morgan fingerprint density at radius 1 is 1.35 bits per heavy atom. The van der Waals surface area contributed by atoms with Gasteiger partial charge in [-0.2, -0.15) is 0 Å². The fourth-order valence-corrected chi connectivity index (χ4v) is 1.63. The molecule has 108 valence electrons. The summed E-state index contributed by atoms with van der Waals surface area (Å²) in [5.41, 5.74) is 2.09. The zero-order valence-electron chi connectivity index (χ0n) is 12.0. The molecule has 5 nitrogen and oxygen atoms in total. The lowest BCUT2D eigenvalue weighted by Gasteiger charge is -2.08. The van der Waals surface area contributed by atoms with Crippen molar-refractivity contribution in [1.29, 1.82) is 0 Å². The summed E-state index contributed by atoms with van der Waals surface area (Å²) < 4.78 is 10.5. The normalized spacial score (nSPS) is 13.5. The van der Waals surface area contributed by atoms with Crippen LogP contribution < -0.4 is 20.1 Å². The molecule has 0 aliphatic carbocycles. The minimum atomic E-state index is -0.220. The Balaban J connectivity index is 1.83. The molecular formula is C15H20N2O3. The van der Waals surface area contributed by atoms with E-state index >= 15 is 0 Å². The van der Waals surface area contributed by atoms with Crippen LogP contribution in [-0.2, 0) is 6.54 Å². The number of carbonyl (C=O) groups excluding carboxylic acids is 1. The number of fused-ring (bicyclic) bond motifs is 1. The van der Waals surface area contributed by atoms with Crippen molar-refractivity contribution in [2.24, 2.45) is 5.92 Å². The fraction of sp³-hybridized carbons (Fsp3) is 0.400. The third kappa shape index (κ3) is 3.66. The van der Waals surface area contributed by atoms with E-state index < -0.39 is 0 Å². The van der Waals surface area contributed by atoms with E-state index in [4.69, 9.17) is 9.47 Å². The van der Waals surface area contributed by atoms with Crippen molar-refractivity contribution in [3.8, 4) is 11.5 Å². The Bertz CT molecular complexity index is 524. The zero-order chi connectivity index (χ0) is 14.5. The van der Waals surface area contributed by atoms with Crippen LogP contribution in [0, 0.1) is 5.92 Å². The highest BCUT2D eigenvalue weighted by molar-refractivity contribution is 5.75. The molecule has 0 fully saturated rings. The maximum Gasteiger partial charge on any atom is 0.319 e. The molecule has 1 aromatic carbocycles. The molecule has 0 atom stereocenters. The first kappa shape index (κ1) is 14.2. The fourth-order valence-electron chi connectivity index (χ4n) is 1.63. The number of benzene rings is 1. The van der Waals surface area contributed by atoms with Crippen molar-refractivity contribution in [3.63, 3.8) is 0 Å². The second-order valence-corrected chi connectivity index (χ2v) is 5.06. The highest BCUT2D eigenvalue weighted by atomic mass is 16.7. The Morgan fingerprint density at radius 2 is 2.10 bits per heavy atom. The number of rotatable bonds is 4. The first-order valence-corrected chi connectivity index (χ1v) is 6.66. The van der Waals surface area contributed by atoms with Crippen LogP contribution in [0.1, 0.15) is 26.3 Å². The summed E-state index contributed by atoms with van der Waals surface area (Å²) in [5.74, 6) is 1.89. The Kier molecular flexibility index (Phi) is 4.50. The van der Waals surface area contributed by atoms with Gasteiger partial charge in [0.25, 0.3) is 0 Å². The van der Waals surface area contributed by atoms with E-state index in [1.807, 2.05) is 25.1 Å². The van der Waals surface area contributed by atoms with Gasteiger partial charge in [-0.15, -0.1) is 0 Å². The maximum atomic E-state index is 11.7. The van der Waals surface area contributed by atoms with Gasteiger partial charge in [0.2, 0.25) is 6.79 Å². The van der Waals surface area contributed by atoms with Crippen LogP contribution in [-0.4, -0.2) is 12.8 Å². The van der Waals surface area contributed by atoms with Gasteiger partial charge in [-0.25, -0.2) is 4.79 Å². The van der Waals surface area contributed by atoms with Crippen molar-refractivity contribution in [2.75, 3.05) is 6.79 Å². The number of hydrogen-bond acceptors (Lipinski definition) is 3. The molecule has 2 N–H and O–H groups in total.